The Balaban J connectivity index is 2.53. The van der Waals surface area contributed by atoms with Crippen molar-refractivity contribution in [3.63, 3.8) is 0 Å². The van der Waals surface area contributed by atoms with Gasteiger partial charge in [-0.15, -0.1) is 0 Å². The van der Waals surface area contributed by atoms with Crippen LogP contribution in [0.15, 0.2) is 18.2 Å². The SMILES string of the molecule is CC(C)(c1cccc(C(F)(F)F)c1F)C1(N)CC1. The third kappa shape index (κ3) is 1.90. The maximum atomic E-state index is 14.0. The fraction of sp³-hybridized carbons (Fsp3) is 0.538. The van der Waals surface area contributed by atoms with Gasteiger partial charge in [-0.1, -0.05) is 26.0 Å². The van der Waals surface area contributed by atoms with Crippen LogP contribution in [0.1, 0.15) is 37.8 Å². The average molecular weight is 261 g/mol. The second-order valence-corrected chi connectivity index (χ2v) is 5.45. The van der Waals surface area contributed by atoms with Gasteiger partial charge in [-0.05, 0) is 24.5 Å². The Kier molecular flexibility index (Phi) is 2.74. The van der Waals surface area contributed by atoms with Gasteiger partial charge in [-0.25, -0.2) is 4.39 Å². The molecule has 1 aromatic rings. The third-order valence-corrected chi connectivity index (χ3v) is 4.01. The largest absolute Gasteiger partial charge is 0.419 e. The second-order valence-electron chi connectivity index (χ2n) is 5.45. The van der Waals surface area contributed by atoms with Crippen molar-refractivity contribution < 1.29 is 17.6 Å². The van der Waals surface area contributed by atoms with E-state index in [9.17, 15) is 17.6 Å². The van der Waals surface area contributed by atoms with E-state index in [0.29, 0.717) is 12.8 Å². The minimum atomic E-state index is -4.68. The van der Waals surface area contributed by atoms with Crippen LogP contribution >= 0.6 is 0 Å². The monoisotopic (exact) mass is 261 g/mol. The van der Waals surface area contributed by atoms with Crippen molar-refractivity contribution in [3.8, 4) is 0 Å². The molecule has 0 saturated heterocycles. The highest BCUT2D eigenvalue weighted by Crippen LogP contribution is 2.50. The van der Waals surface area contributed by atoms with E-state index in [1.807, 2.05) is 0 Å². The van der Waals surface area contributed by atoms with Crippen LogP contribution in [0.4, 0.5) is 17.6 Å². The van der Waals surface area contributed by atoms with Crippen LogP contribution < -0.4 is 5.73 Å². The third-order valence-electron chi connectivity index (χ3n) is 4.01. The van der Waals surface area contributed by atoms with Gasteiger partial charge >= 0.3 is 6.18 Å². The molecule has 1 aromatic carbocycles. The first-order valence-electron chi connectivity index (χ1n) is 5.75. The van der Waals surface area contributed by atoms with E-state index < -0.39 is 28.5 Å². The Hall–Kier alpha value is -1.10. The summed E-state index contributed by atoms with van der Waals surface area (Å²) in [5.74, 6) is -1.20. The fourth-order valence-corrected chi connectivity index (χ4v) is 2.26. The lowest BCUT2D eigenvalue weighted by atomic mass is 9.75. The Morgan fingerprint density at radius 3 is 2.06 bits per heavy atom. The van der Waals surface area contributed by atoms with Crippen molar-refractivity contribution in [3.05, 3.63) is 35.1 Å². The minimum Gasteiger partial charge on any atom is -0.324 e. The van der Waals surface area contributed by atoms with E-state index in [-0.39, 0.29) is 5.56 Å². The van der Waals surface area contributed by atoms with Crippen molar-refractivity contribution in [2.45, 2.75) is 43.8 Å². The average Bonchev–Trinajstić information content (AvgIpc) is 2.96. The van der Waals surface area contributed by atoms with Gasteiger partial charge in [0.15, 0.2) is 0 Å². The molecule has 1 saturated carbocycles. The summed E-state index contributed by atoms with van der Waals surface area (Å²) >= 11 is 0. The normalized spacial score (nSPS) is 18.8. The summed E-state index contributed by atoms with van der Waals surface area (Å²) in [7, 11) is 0. The first-order valence-corrected chi connectivity index (χ1v) is 5.75. The first kappa shape index (κ1) is 13.3. The molecule has 0 radical (unpaired) electrons. The van der Waals surface area contributed by atoms with Crippen LogP contribution in [0.2, 0.25) is 0 Å². The van der Waals surface area contributed by atoms with Crippen LogP contribution in [-0.2, 0) is 11.6 Å². The molecule has 1 nitrogen and oxygen atoms in total. The van der Waals surface area contributed by atoms with Gasteiger partial charge in [0, 0.05) is 11.0 Å². The van der Waals surface area contributed by atoms with Crippen molar-refractivity contribution in [2.24, 2.45) is 5.73 Å². The maximum absolute atomic E-state index is 14.0. The molecule has 100 valence electrons. The molecule has 1 aliphatic rings. The van der Waals surface area contributed by atoms with E-state index in [1.54, 1.807) is 13.8 Å². The molecule has 0 atom stereocenters. The standard InChI is InChI=1S/C13H15F4N/c1-11(2,12(18)6-7-12)8-4-3-5-9(10(8)14)13(15,16)17/h3-5H,6-7,18H2,1-2H3. The Morgan fingerprint density at radius 1 is 1.11 bits per heavy atom. The Bertz CT molecular complexity index is 472. The van der Waals surface area contributed by atoms with Crippen LogP contribution in [0, 0.1) is 5.82 Å². The molecule has 1 fully saturated rings. The summed E-state index contributed by atoms with van der Waals surface area (Å²) in [5.41, 5.74) is 3.44. The molecule has 2 rings (SSSR count). The molecular formula is C13H15F4N. The fourth-order valence-electron chi connectivity index (χ4n) is 2.26. The number of alkyl halides is 3. The highest BCUT2D eigenvalue weighted by molar-refractivity contribution is 5.38. The van der Waals surface area contributed by atoms with E-state index >= 15 is 0 Å². The van der Waals surface area contributed by atoms with E-state index in [0.717, 1.165) is 6.07 Å². The van der Waals surface area contributed by atoms with Crippen molar-refractivity contribution in [2.75, 3.05) is 0 Å². The zero-order valence-electron chi connectivity index (χ0n) is 10.2. The molecule has 0 spiro atoms. The van der Waals surface area contributed by atoms with Crippen molar-refractivity contribution >= 4 is 0 Å². The molecule has 0 heterocycles. The highest BCUT2D eigenvalue weighted by Gasteiger charge is 2.53. The molecule has 0 aliphatic heterocycles. The predicted octanol–water partition coefficient (Wildman–Crippen LogP) is 3.61. The summed E-state index contributed by atoms with van der Waals surface area (Å²) in [6, 6.07) is 3.37. The van der Waals surface area contributed by atoms with Crippen molar-refractivity contribution in [1.82, 2.24) is 0 Å². The summed E-state index contributed by atoms with van der Waals surface area (Å²) in [6.45, 7) is 3.39. The predicted molar refractivity (Wildman–Crippen MR) is 60.6 cm³/mol. The number of hydrogen-bond donors (Lipinski definition) is 1. The van der Waals surface area contributed by atoms with Gasteiger partial charge in [0.25, 0.3) is 0 Å². The van der Waals surface area contributed by atoms with E-state index in [2.05, 4.69) is 0 Å². The summed E-state index contributed by atoms with van der Waals surface area (Å²) in [4.78, 5) is 0. The molecule has 0 amide bonds. The molecular weight excluding hydrogens is 246 g/mol. The summed E-state index contributed by atoms with van der Waals surface area (Å²) < 4.78 is 52.0. The zero-order valence-corrected chi connectivity index (χ0v) is 10.2. The van der Waals surface area contributed by atoms with Crippen LogP contribution in [0.5, 0.6) is 0 Å². The Labute approximate surface area is 103 Å². The van der Waals surface area contributed by atoms with Crippen LogP contribution in [-0.4, -0.2) is 5.54 Å². The van der Waals surface area contributed by atoms with Crippen LogP contribution in [0.3, 0.4) is 0 Å². The number of benzene rings is 1. The summed E-state index contributed by atoms with van der Waals surface area (Å²) in [6.07, 6.45) is -3.27. The zero-order chi connectivity index (χ0) is 13.8. The number of nitrogens with two attached hydrogens (primary N) is 1. The molecule has 0 aromatic heterocycles. The van der Waals surface area contributed by atoms with Gasteiger partial charge in [-0.2, -0.15) is 13.2 Å². The first-order chi connectivity index (χ1) is 8.09. The number of hydrogen-bond acceptors (Lipinski definition) is 1. The van der Waals surface area contributed by atoms with Crippen molar-refractivity contribution in [1.29, 1.82) is 0 Å². The lowest BCUT2D eigenvalue weighted by Gasteiger charge is -2.33. The lowest BCUT2D eigenvalue weighted by molar-refractivity contribution is -0.140. The number of halogens is 4. The van der Waals surface area contributed by atoms with E-state index in [1.165, 1.54) is 12.1 Å². The molecule has 5 heteroatoms. The topological polar surface area (TPSA) is 26.0 Å². The molecule has 18 heavy (non-hydrogen) atoms. The molecule has 1 aliphatic carbocycles. The van der Waals surface area contributed by atoms with Crippen LogP contribution in [0.25, 0.3) is 0 Å². The second kappa shape index (κ2) is 3.70. The van der Waals surface area contributed by atoms with Gasteiger partial charge in [0.05, 0.1) is 5.56 Å². The lowest BCUT2D eigenvalue weighted by Crippen LogP contribution is -2.44. The van der Waals surface area contributed by atoms with Gasteiger partial charge in [0.2, 0.25) is 0 Å². The highest BCUT2D eigenvalue weighted by atomic mass is 19.4. The number of rotatable bonds is 2. The molecule has 0 unspecified atom stereocenters. The van der Waals surface area contributed by atoms with E-state index in [4.69, 9.17) is 5.73 Å². The maximum Gasteiger partial charge on any atom is 0.419 e. The molecule has 2 N–H and O–H groups in total. The summed E-state index contributed by atoms with van der Waals surface area (Å²) in [5, 5.41) is 0. The Morgan fingerprint density at radius 2 is 1.61 bits per heavy atom. The van der Waals surface area contributed by atoms with Gasteiger partial charge in [-0.3, -0.25) is 0 Å². The van der Waals surface area contributed by atoms with Gasteiger partial charge in [0.1, 0.15) is 5.82 Å². The smallest absolute Gasteiger partial charge is 0.324 e. The minimum absolute atomic E-state index is 0.0392. The molecule has 0 bridgehead atoms. The quantitative estimate of drug-likeness (QED) is 0.808. The van der Waals surface area contributed by atoms with Gasteiger partial charge < -0.3 is 5.73 Å².